The van der Waals surface area contributed by atoms with Crippen LogP contribution in [0.2, 0.25) is 0 Å². The number of nitrogens with zero attached hydrogens (tertiary/aromatic N) is 2. The molecule has 0 radical (unpaired) electrons. The van der Waals surface area contributed by atoms with Crippen LogP contribution >= 0.6 is 0 Å². The maximum Gasteiger partial charge on any atom is 0.253 e. The maximum atomic E-state index is 12.2. The van der Waals surface area contributed by atoms with Gasteiger partial charge in [-0.3, -0.25) is 19.7 Å². The standard InChI is InChI=1S/C17H20N4O4/c22-10-11-5-7-21(8-6-11)14-3-1-12(9-18-14)16(24)19-13-2-4-15(23)20-17(13)25/h1,3,9-11,13H,2,4-8H2,(H,19,24)(H,20,23,25)/t13-/m0/s1. The second-order valence-corrected chi connectivity index (χ2v) is 6.34. The highest BCUT2D eigenvalue weighted by Crippen LogP contribution is 2.20. The summed E-state index contributed by atoms with van der Waals surface area (Å²) in [7, 11) is 0. The van der Waals surface area contributed by atoms with Crippen LogP contribution in [0.15, 0.2) is 18.3 Å². The van der Waals surface area contributed by atoms with Crippen LogP contribution in [0.3, 0.4) is 0 Å². The highest BCUT2D eigenvalue weighted by atomic mass is 16.2. The topological polar surface area (TPSA) is 108 Å². The van der Waals surface area contributed by atoms with E-state index in [2.05, 4.69) is 20.5 Å². The molecule has 0 aliphatic carbocycles. The zero-order chi connectivity index (χ0) is 17.8. The van der Waals surface area contributed by atoms with Gasteiger partial charge >= 0.3 is 0 Å². The molecular formula is C17H20N4O4. The fraction of sp³-hybridized carbons (Fsp3) is 0.471. The Morgan fingerprint density at radius 1 is 1.24 bits per heavy atom. The molecule has 2 aliphatic heterocycles. The molecule has 2 saturated heterocycles. The Bertz CT molecular complexity index is 680. The Balaban J connectivity index is 1.58. The number of carbonyl (C=O) groups is 4. The lowest BCUT2D eigenvalue weighted by Gasteiger charge is -2.30. The van der Waals surface area contributed by atoms with E-state index in [4.69, 9.17) is 0 Å². The lowest BCUT2D eigenvalue weighted by Crippen LogP contribution is -2.52. The summed E-state index contributed by atoms with van der Waals surface area (Å²) in [4.78, 5) is 52.3. The van der Waals surface area contributed by atoms with Crippen molar-refractivity contribution in [2.45, 2.75) is 31.7 Å². The largest absolute Gasteiger partial charge is 0.357 e. The first-order valence-electron chi connectivity index (χ1n) is 8.37. The number of hydrogen-bond acceptors (Lipinski definition) is 6. The minimum Gasteiger partial charge on any atom is -0.357 e. The normalized spacial score (nSPS) is 21.6. The molecule has 0 aromatic carbocycles. The molecule has 8 nitrogen and oxygen atoms in total. The van der Waals surface area contributed by atoms with Gasteiger partial charge in [0.2, 0.25) is 11.8 Å². The van der Waals surface area contributed by atoms with Gasteiger partial charge in [0.05, 0.1) is 5.56 Å². The molecule has 1 atom stereocenters. The number of nitrogens with one attached hydrogen (secondary N) is 2. The van der Waals surface area contributed by atoms with Crippen LogP contribution in [-0.2, 0) is 14.4 Å². The minimum absolute atomic E-state index is 0.120. The molecular weight excluding hydrogens is 324 g/mol. The molecule has 0 spiro atoms. The van der Waals surface area contributed by atoms with Gasteiger partial charge in [0.25, 0.3) is 5.91 Å². The van der Waals surface area contributed by atoms with E-state index in [0.717, 1.165) is 38.0 Å². The molecule has 3 rings (SSSR count). The van der Waals surface area contributed by atoms with Gasteiger partial charge in [-0.25, -0.2) is 4.98 Å². The number of rotatable bonds is 4. The van der Waals surface area contributed by atoms with E-state index in [0.29, 0.717) is 12.0 Å². The summed E-state index contributed by atoms with van der Waals surface area (Å²) in [5, 5.41) is 4.83. The van der Waals surface area contributed by atoms with Gasteiger partial charge in [0.1, 0.15) is 18.1 Å². The minimum atomic E-state index is -0.702. The monoisotopic (exact) mass is 344 g/mol. The molecule has 25 heavy (non-hydrogen) atoms. The third-order valence-corrected chi connectivity index (χ3v) is 4.61. The molecule has 2 N–H and O–H groups in total. The summed E-state index contributed by atoms with van der Waals surface area (Å²) < 4.78 is 0. The predicted molar refractivity (Wildman–Crippen MR) is 88.9 cm³/mol. The second-order valence-electron chi connectivity index (χ2n) is 6.34. The van der Waals surface area contributed by atoms with Crippen molar-refractivity contribution in [1.82, 2.24) is 15.6 Å². The van der Waals surface area contributed by atoms with Gasteiger partial charge in [0, 0.05) is 31.6 Å². The Kier molecular flexibility index (Phi) is 5.06. The molecule has 0 saturated carbocycles. The first-order chi connectivity index (χ1) is 12.1. The summed E-state index contributed by atoms with van der Waals surface area (Å²) in [5.41, 5.74) is 0.358. The molecule has 2 fully saturated rings. The third kappa shape index (κ3) is 4.01. The Hall–Kier alpha value is -2.77. The Morgan fingerprint density at radius 2 is 2.00 bits per heavy atom. The average molecular weight is 344 g/mol. The van der Waals surface area contributed by atoms with E-state index >= 15 is 0 Å². The van der Waals surface area contributed by atoms with Crippen LogP contribution in [0.4, 0.5) is 5.82 Å². The Morgan fingerprint density at radius 3 is 2.60 bits per heavy atom. The van der Waals surface area contributed by atoms with Gasteiger partial charge in [-0.15, -0.1) is 0 Å². The average Bonchev–Trinajstić information content (AvgIpc) is 2.64. The first kappa shape index (κ1) is 17.1. The van der Waals surface area contributed by atoms with Crippen molar-refractivity contribution < 1.29 is 19.2 Å². The molecule has 1 aromatic rings. The van der Waals surface area contributed by atoms with Crippen LogP contribution < -0.4 is 15.5 Å². The molecule has 8 heteroatoms. The van der Waals surface area contributed by atoms with Crippen molar-refractivity contribution in [1.29, 1.82) is 0 Å². The summed E-state index contributed by atoms with van der Waals surface area (Å²) in [6, 6.07) is 2.72. The van der Waals surface area contributed by atoms with Crippen molar-refractivity contribution in [2.24, 2.45) is 5.92 Å². The van der Waals surface area contributed by atoms with Crippen molar-refractivity contribution >= 4 is 29.8 Å². The highest BCUT2D eigenvalue weighted by molar-refractivity contribution is 6.03. The van der Waals surface area contributed by atoms with E-state index in [9.17, 15) is 19.2 Å². The Labute approximate surface area is 145 Å². The maximum absolute atomic E-state index is 12.2. The van der Waals surface area contributed by atoms with E-state index in [1.54, 1.807) is 12.1 Å². The number of aldehydes is 1. The van der Waals surface area contributed by atoms with Crippen LogP contribution in [0, 0.1) is 5.92 Å². The van der Waals surface area contributed by atoms with Gasteiger partial charge in [-0.1, -0.05) is 0 Å². The van der Waals surface area contributed by atoms with Crippen LogP contribution in [-0.4, -0.2) is 48.1 Å². The number of piperidine rings is 2. The van der Waals surface area contributed by atoms with Crippen molar-refractivity contribution in [3.63, 3.8) is 0 Å². The number of pyridine rings is 1. The smallest absolute Gasteiger partial charge is 0.253 e. The van der Waals surface area contributed by atoms with Crippen LogP contribution in [0.5, 0.6) is 0 Å². The molecule has 3 amide bonds. The van der Waals surface area contributed by atoms with Crippen LogP contribution in [0.1, 0.15) is 36.0 Å². The lowest BCUT2D eigenvalue weighted by atomic mass is 9.99. The summed E-state index contributed by atoms with van der Waals surface area (Å²) in [6.45, 7) is 1.52. The van der Waals surface area contributed by atoms with Gasteiger partial charge in [-0.05, 0) is 31.4 Å². The molecule has 1 aromatic heterocycles. The number of carbonyl (C=O) groups excluding carboxylic acids is 4. The number of hydrogen-bond donors (Lipinski definition) is 2. The van der Waals surface area contributed by atoms with Gasteiger partial charge in [-0.2, -0.15) is 0 Å². The van der Waals surface area contributed by atoms with Crippen molar-refractivity contribution in [3.8, 4) is 0 Å². The third-order valence-electron chi connectivity index (χ3n) is 4.61. The predicted octanol–water partition coefficient (Wildman–Crippen LogP) is 0.0319. The second kappa shape index (κ2) is 7.42. The molecule has 2 aliphatic rings. The van der Waals surface area contributed by atoms with Crippen molar-refractivity contribution in [2.75, 3.05) is 18.0 Å². The number of imide groups is 1. The van der Waals surface area contributed by atoms with E-state index in [1.807, 2.05) is 0 Å². The fourth-order valence-electron chi connectivity index (χ4n) is 3.04. The molecule has 132 valence electrons. The highest BCUT2D eigenvalue weighted by Gasteiger charge is 2.28. The fourth-order valence-corrected chi connectivity index (χ4v) is 3.04. The zero-order valence-corrected chi connectivity index (χ0v) is 13.7. The number of aromatic nitrogens is 1. The van der Waals surface area contributed by atoms with Crippen molar-refractivity contribution in [3.05, 3.63) is 23.9 Å². The summed E-state index contributed by atoms with van der Waals surface area (Å²) >= 11 is 0. The summed E-state index contributed by atoms with van der Waals surface area (Å²) in [6.07, 6.45) is 4.61. The lowest BCUT2D eigenvalue weighted by molar-refractivity contribution is -0.134. The molecule has 3 heterocycles. The van der Waals surface area contributed by atoms with Crippen LogP contribution in [0.25, 0.3) is 0 Å². The van der Waals surface area contributed by atoms with Gasteiger partial charge in [0.15, 0.2) is 0 Å². The SMILES string of the molecule is O=CC1CCN(c2ccc(C(=O)N[C@H]3CCC(=O)NC3=O)cn2)CC1. The molecule has 0 unspecified atom stereocenters. The molecule has 0 bridgehead atoms. The zero-order valence-electron chi connectivity index (χ0n) is 13.7. The van der Waals surface area contributed by atoms with E-state index < -0.39 is 17.9 Å². The van der Waals surface area contributed by atoms with E-state index in [1.165, 1.54) is 6.20 Å². The summed E-state index contributed by atoms with van der Waals surface area (Å²) in [5.74, 6) is -0.308. The number of amides is 3. The van der Waals surface area contributed by atoms with Gasteiger partial charge < -0.3 is 15.0 Å². The number of anilines is 1. The van der Waals surface area contributed by atoms with E-state index in [-0.39, 0.29) is 18.2 Å². The quantitative estimate of drug-likeness (QED) is 0.589. The first-order valence-corrected chi connectivity index (χ1v) is 8.37.